The first kappa shape index (κ1) is 14.7. The van der Waals surface area contributed by atoms with Crippen LogP contribution in [0.5, 0.6) is 0 Å². The smallest absolute Gasteiger partial charge is 0.238 e. The van der Waals surface area contributed by atoms with Crippen molar-refractivity contribution in [1.82, 2.24) is 25.1 Å². The quantitative estimate of drug-likeness (QED) is 0.834. The largest absolute Gasteiger partial charge is 0.351 e. The molecule has 0 saturated heterocycles. The summed E-state index contributed by atoms with van der Waals surface area (Å²) >= 11 is 0. The molecule has 0 aromatic carbocycles. The van der Waals surface area contributed by atoms with Gasteiger partial charge in [-0.25, -0.2) is 9.51 Å². The second kappa shape index (κ2) is 5.19. The highest BCUT2D eigenvalue weighted by atomic mass is 15.4. The highest BCUT2D eigenvalue weighted by Crippen LogP contribution is 2.34. The van der Waals surface area contributed by atoms with Crippen LogP contribution in [0.1, 0.15) is 52.1 Å². The lowest BCUT2D eigenvalue weighted by molar-refractivity contribution is 0.558. The van der Waals surface area contributed by atoms with E-state index < -0.39 is 0 Å². The Morgan fingerprint density at radius 1 is 1.18 bits per heavy atom. The van der Waals surface area contributed by atoms with Crippen LogP contribution in [0.3, 0.4) is 0 Å². The van der Waals surface area contributed by atoms with Crippen molar-refractivity contribution in [2.45, 2.75) is 46.0 Å². The lowest BCUT2D eigenvalue weighted by Crippen LogP contribution is -2.15. The van der Waals surface area contributed by atoms with Gasteiger partial charge < -0.3 is 5.32 Å². The maximum absolute atomic E-state index is 4.39. The van der Waals surface area contributed by atoms with E-state index in [4.69, 9.17) is 0 Å². The van der Waals surface area contributed by atoms with Crippen molar-refractivity contribution < 1.29 is 0 Å². The zero-order valence-corrected chi connectivity index (χ0v) is 13.7. The molecule has 2 aromatic rings. The molecular weight excluding hydrogens is 280 g/mol. The topological polar surface area (TPSA) is 95.1 Å². The Morgan fingerprint density at radius 2 is 1.95 bits per heavy atom. The number of H-pyrrole nitrogens is 1. The first-order valence-electron chi connectivity index (χ1n) is 7.55. The molecular formula is C14H22N8. The second-order valence-corrected chi connectivity index (χ2v) is 6.79. The monoisotopic (exact) mass is 302 g/mol. The highest BCUT2D eigenvalue weighted by Gasteiger charge is 2.26. The number of guanidine groups is 1. The SMILES string of the molecule is CC(C)c1nnc2c(N=NC3=NCCN3)c(C(C)(C)C)[nH]n12. The lowest BCUT2D eigenvalue weighted by atomic mass is 9.91. The van der Waals surface area contributed by atoms with Gasteiger partial charge in [-0.1, -0.05) is 34.6 Å². The van der Waals surface area contributed by atoms with Crippen LogP contribution in [0.25, 0.3) is 5.65 Å². The average Bonchev–Trinajstić information content (AvgIpc) is 3.11. The Kier molecular flexibility index (Phi) is 3.46. The predicted molar refractivity (Wildman–Crippen MR) is 84.9 cm³/mol. The molecule has 0 spiro atoms. The Labute approximate surface area is 129 Å². The molecule has 0 bridgehead atoms. The predicted octanol–water partition coefficient (Wildman–Crippen LogP) is 2.52. The first-order chi connectivity index (χ1) is 10.4. The van der Waals surface area contributed by atoms with Gasteiger partial charge in [0, 0.05) is 17.9 Å². The van der Waals surface area contributed by atoms with Gasteiger partial charge >= 0.3 is 0 Å². The van der Waals surface area contributed by atoms with E-state index in [-0.39, 0.29) is 11.3 Å². The summed E-state index contributed by atoms with van der Waals surface area (Å²) in [4.78, 5) is 4.23. The summed E-state index contributed by atoms with van der Waals surface area (Å²) in [5.41, 5.74) is 2.31. The van der Waals surface area contributed by atoms with Crippen LogP contribution in [0, 0.1) is 0 Å². The molecule has 0 saturated carbocycles. The van der Waals surface area contributed by atoms with E-state index in [1.165, 1.54) is 0 Å². The molecule has 8 nitrogen and oxygen atoms in total. The van der Waals surface area contributed by atoms with E-state index in [2.05, 4.69) is 70.5 Å². The van der Waals surface area contributed by atoms with E-state index >= 15 is 0 Å². The molecule has 3 heterocycles. The molecule has 3 rings (SSSR count). The van der Waals surface area contributed by atoms with Crippen LogP contribution in [0.15, 0.2) is 15.2 Å². The maximum Gasteiger partial charge on any atom is 0.238 e. The van der Waals surface area contributed by atoms with Crippen molar-refractivity contribution in [3.05, 3.63) is 11.5 Å². The summed E-state index contributed by atoms with van der Waals surface area (Å²) < 4.78 is 1.91. The van der Waals surface area contributed by atoms with Crippen LogP contribution in [-0.2, 0) is 5.41 Å². The van der Waals surface area contributed by atoms with Gasteiger partial charge in [0.05, 0.1) is 12.2 Å². The van der Waals surface area contributed by atoms with Crippen LogP contribution < -0.4 is 5.32 Å². The number of aliphatic imine (C=N–C) groups is 1. The summed E-state index contributed by atoms with van der Waals surface area (Å²) in [5, 5.41) is 23.6. The third kappa shape index (κ3) is 2.49. The van der Waals surface area contributed by atoms with Crippen molar-refractivity contribution in [1.29, 1.82) is 0 Å². The van der Waals surface area contributed by atoms with Crippen molar-refractivity contribution >= 4 is 17.3 Å². The van der Waals surface area contributed by atoms with Crippen molar-refractivity contribution in [2.75, 3.05) is 13.1 Å². The summed E-state index contributed by atoms with van der Waals surface area (Å²) in [7, 11) is 0. The minimum atomic E-state index is -0.103. The fraction of sp³-hybridized carbons (Fsp3) is 0.643. The molecule has 2 N–H and O–H groups in total. The number of hydrogen-bond acceptors (Lipinski definition) is 6. The fourth-order valence-electron chi connectivity index (χ4n) is 2.38. The van der Waals surface area contributed by atoms with Gasteiger partial charge in [0.15, 0.2) is 11.5 Å². The summed E-state index contributed by atoms with van der Waals surface area (Å²) in [6.07, 6.45) is 0. The summed E-state index contributed by atoms with van der Waals surface area (Å²) in [5.74, 6) is 1.73. The van der Waals surface area contributed by atoms with Crippen LogP contribution >= 0.6 is 0 Å². The first-order valence-corrected chi connectivity index (χ1v) is 7.55. The highest BCUT2D eigenvalue weighted by molar-refractivity contribution is 5.82. The van der Waals surface area contributed by atoms with Gasteiger partial charge in [0.1, 0.15) is 0 Å². The van der Waals surface area contributed by atoms with Gasteiger partial charge in [0.2, 0.25) is 11.6 Å². The standard InChI is InChI=1S/C14H22N8/c1-8(2)11-18-19-12-9(17-20-13-15-6-7-16-13)10(14(3,4)5)21-22(11)12/h8,21H,6-7H2,1-5H3,(H,15,16). The minimum Gasteiger partial charge on any atom is -0.351 e. The van der Waals surface area contributed by atoms with Gasteiger partial charge in [0.25, 0.3) is 0 Å². The lowest BCUT2D eigenvalue weighted by Gasteiger charge is -2.16. The van der Waals surface area contributed by atoms with Crippen molar-refractivity contribution in [3.8, 4) is 0 Å². The Morgan fingerprint density at radius 3 is 2.55 bits per heavy atom. The fourth-order valence-corrected chi connectivity index (χ4v) is 2.38. The van der Waals surface area contributed by atoms with E-state index in [1.54, 1.807) is 0 Å². The minimum absolute atomic E-state index is 0.103. The third-order valence-corrected chi connectivity index (χ3v) is 3.53. The number of azo groups is 1. The summed E-state index contributed by atoms with van der Waals surface area (Å²) in [6.45, 7) is 12.1. The molecule has 0 amide bonds. The molecule has 118 valence electrons. The molecule has 0 fully saturated rings. The molecule has 0 atom stereocenters. The molecule has 8 heteroatoms. The molecule has 0 unspecified atom stereocenters. The number of aromatic amines is 1. The normalized spacial score (nSPS) is 16.0. The number of rotatable bonds is 2. The molecule has 0 aliphatic carbocycles. The van der Waals surface area contributed by atoms with E-state index in [0.29, 0.717) is 11.6 Å². The Bertz CT molecular complexity index is 741. The molecule has 2 aromatic heterocycles. The van der Waals surface area contributed by atoms with Gasteiger partial charge in [-0.15, -0.1) is 20.4 Å². The van der Waals surface area contributed by atoms with Crippen LogP contribution in [0.2, 0.25) is 0 Å². The molecule has 1 aliphatic heterocycles. The second-order valence-electron chi connectivity index (χ2n) is 6.79. The molecule has 22 heavy (non-hydrogen) atoms. The van der Waals surface area contributed by atoms with Crippen molar-refractivity contribution in [3.63, 3.8) is 0 Å². The van der Waals surface area contributed by atoms with Crippen LogP contribution in [0.4, 0.5) is 5.69 Å². The maximum atomic E-state index is 4.39. The number of hydrogen-bond donors (Lipinski definition) is 2. The zero-order valence-electron chi connectivity index (χ0n) is 13.7. The van der Waals surface area contributed by atoms with E-state index in [1.807, 2.05) is 4.52 Å². The zero-order chi connectivity index (χ0) is 15.9. The molecule has 0 radical (unpaired) electrons. The van der Waals surface area contributed by atoms with E-state index in [0.717, 1.165) is 30.3 Å². The van der Waals surface area contributed by atoms with Gasteiger partial charge in [-0.05, 0) is 0 Å². The number of nitrogens with one attached hydrogen (secondary N) is 2. The third-order valence-electron chi connectivity index (χ3n) is 3.53. The van der Waals surface area contributed by atoms with Gasteiger partial charge in [-0.3, -0.25) is 5.10 Å². The molecule has 1 aliphatic rings. The Balaban J connectivity index is 2.12. The average molecular weight is 302 g/mol. The van der Waals surface area contributed by atoms with Gasteiger partial charge in [-0.2, -0.15) is 0 Å². The van der Waals surface area contributed by atoms with E-state index in [9.17, 15) is 0 Å². The number of nitrogens with zero attached hydrogens (tertiary/aromatic N) is 6. The number of fused-ring (bicyclic) bond motifs is 1. The summed E-state index contributed by atoms with van der Waals surface area (Å²) in [6, 6.07) is 0. The van der Waals surface area contributed by atoms with Crippen molar-refractivity contribution in [2.24, 2.45) is 15.2 Å². The Hall–Kier alpha value is -2.25. The van der Waals surface area contributed by atoms with Crippen LogP contribution in [-0.4, -0.2) is 38.9 Å². The number of aromatic nitrogens is 4.